The molecule has 0 saturated carbocycles. The molecule has 82 valence electrons. The van der Waals surface area contributed by atoms with Crippen LogP contribution < -0.4 is 0 Å². The lowest BCUT2D eigenvalue weighted by atomic mass is 10.1. The van der Waals surface area contributed by atoms with Gasteiger partial charge in [0.2, 0.25) is 0 Å². The van der Waals surface area contributed by atoms with E-state index in [4.69, 9.17) is 9.84 Å². The van der Waals surface area contributed by atoms with E-state index in [1.807, 2.05) is 31.2 Å². The molecule has 0 unspecified atom stereocenters. The fourth-order valence-corrected chi connectivity index (χ4v) is 1.47. The summed E-state index contributed by atoms with van der Waals surface area (Å²) < 4.78 is 5.15. The predicted molar refractivity (Wildman–Crippen MR) is 57.9 cm³/mol. The first-order chi connectivity index (χ1) is 7.13. The minimum absolute atomic E-state index is 0.419. The fourth-order valence-electron chi connectivity index (χ4n) is 1.47. The van der Waals surface area contributed by atoms with E-state index >= 15 is 0 Å². The number of rotatable bonds is 5. The topological polar surface area (TPSA) is 46.5 Å². The van der Waals surface area contributed by atoms with Gasteiger partial charge in [-0.2, -0.15) is 0 Å². The molecule has 1 aromatic rings. The highest BCUT2D eigenvalue weighted by Gasteiger charge is 2.17. The third kappa shape index (κ3) is 3.72. The van der Waals surface area contributed by atoms with Crippen molar-refractivity contribution in [2.45, 2.75) is 26.4 Å². The lowest BCUT2D eigenvalue weighted by molar-refractivity contribution is -0.149. The Morgan fingerprint density at radius 2 is 2.27 bits per heavy atom. The van der Waals surface area contributed by atoms with Gasteiger partial charge < -0.3 is 9.84 Å². The lowest BCUT2D eigenvalue weighted by Gasteiger charge is -2.12. The summed E-state index contributed by atoms with van der Waals surface area (Å²) in [6.07, 6.45) is -0.318. The Balaban J connectivity index is 2.69. The van der Waals surface area contributed by atoms with Crippen molar-refractivity contribution in [1.29, 1.82) is 0 Å². The normalized spacial score (nSPS) is 12.4. The average molecular weight is 208 g/mol. The van der Waals surface area contributed by atoms with Crippen LogP contribution in [0.4, 0.5) is 0 Å². The maximum atomic E-state index is 10.9. The van der Waals surface area contributed by atoms with Gasteiger partial charge in [0.15, 0.2) is 6.10 Å². The van der Waals surface area contributed by atoms with Crippen molar-refractivity contribution in [3.8, 4) is 0 Å². The average Bonchev–Trinajstić information content (AvgIpc) is 2.17. The van der Waals surface area contributed by atoms with Crippen molar-refractivity contribution in [1.82, 2.24) is 0 Å². The monoisotopic (exact) mass is 208 g/mol. The van der Waals surface area contributed by atoms with Crippen molar-refractivity contribution < 1.29 is 14.6 Å². The zero-order valence-electron chi connectivity index (χ0n) is 9.06. The van der Waals surface area contributed by atoms with E-state index in [0.29, 0.717) is 13.0 Å². The zero-order valence-corrected chi connectivity index (χ0v) is 9.06. The Kier molecular flexibility index (Phi) is 4.31. The van der Waals surface area contributed by atoms with Crippen molar-refractivity contribution >= 4 is 5.97 Å². The third-order valence-electron chi connectivity index (χ3n) is 2.15. The maximum Gasteiger partial charge on any atom is 0.333 e. The van der Waals surface area contributed by atoms with Gasteiger partial charge >= 0.3 is 5.97 Å². The molecule has 0 aliphatic carbocycles. The summed E-state index contributed by atoms with van der Waals surface area (Å²) in [4.78, 5) is 10.9. The molecule has 3 nitrogen and oxygen atoms in total. The Morgan fingerprint density at radius 3 is 2.80 bits per heavy atom. The summed E-state index contributed by atoms with van der Waals surface area (Å²) in [6, 6.07) is 7.81. The van der Waals surface area contributed by atoms with Gasteiger partial charge in [0.25, 0.3) is 0 Å². The second-order valence-electron chi connectivity index (χ2n) is 3.48. The van der Waals surface area contributed by atoms with Gasteiger partial charge in [0.1, 0.15) is 0 Å². The van der Waals surface area contributed by atoms with Gasteiger partial charge in [-0.25, -0.2) is 4.79 Å². The quantitative estimate of drug-likeness (QED) is 0.805. The summed E-state index contributed by atoms with van der Waals surface area (Å²) in [6.45, 7) is 4.20. The molecule has 0 fully saturated rings. The Morgan fingerprint density at radius 1 is 1.53 bits per heavy atom. The number of hydrogen-bond donors (Lipinski definition) is 1. The Labute approximate surface area is 89.7 Å². The molecule has 1 N–H and O–H groups in total. The molecule has 0 radical (unpaired) electrons. The molecule has 0 aliphatic rings. The summed E-state index contributed by atoms with van der Waals surface area (Å²) in [7, 11) is 0. The van der Waals surface area contributed by atoms with Crippen molar-refractivity contribution in [3.63, 3.8) is 0 Å². The number of carbonyl (C=O) groups is 1. The number of aryl methyl sites for hydroxylation is 1. The predicted octanol–water partition coefficient (Wildman–Crippen LogP) is 2.03. The molecule has 0 aromatic heterocycles. The van der Waals surface area contributed by atoms with E-state index in [9.17, 15) is 4.79 Å². The van der Waals surface area contributed by atoms with Crippen LogP contribution in [0.3, 0.4) is 0 Å². The van der Waals surface area contributed by atoms with Crippen LogP contribution in [0.1, 0.15) is 18.1 Å². The number of hydrogen-bond acceptors (Lipinski definition) is 2. The summed E-state index contributed by atoms with van der Waals surface area (Å²) in [5.74, 6) is -0.904. The van der Waals surface area contributed by atoms with Crippen molar-refractivity contribution in [3.05, 3.63) is 35.4 Å². The first-order valence-corrected chi connectivity index (χ1v) is 5.03. The summed E-state index contributed by atoms with van der Waals surface area (Å²) in [5.41, 5.74) is 2.13. The smallest absolute Gasteiger partial charge is 0.333 e. The van der Waals surface area contributed by atoms with Gasteiger partial charge in [0.05, 0.1) is 0 Å². The molecule has 15 heavy (non-hydrogen) atoms. The van der Waals surface area contributed by atoms with E-state index in [-0.39, 0.29) is 0 Å². The Bertz CT molecular complexity index is 333. The van der Waals surface area contributed by atoms with Crippen LogP contribution in [0.25, 0.3) is 0 Å². The van der Waals surface area contributed by atoms with Crippen molar-refractivity contribution in [2.75, 3.05) is 6.61 Å². The van der Waals surface area contributed by atoms with E-state index in [1.54, 1.807) is 6.92 Å². The molecule has 0 heterocycles. The minimum atomic E-state index is -0.904. The largest absolute Gasteiger partial charge is 0.479 e. The van der Waals surface area contributed by atoms with Crippen LogP contribution in [0.5, 0.6) is 0 Å². The number of carboxylic acids is 1. The van der Waals surface area contributed by atoms with Gasteiger partial charge in [-0.3, -0.25) is 0 Å². The van der Waals surface area contributed by atoms with E-state index < -0.39 is 12.1 Å². The molecule has 0 saturated heterocycles. The number of carboxylic acid groups (broad SMARTS) is 1. The van der Waals surface area contributed by atoms with Crippen molar-refractivity contribution in [2.24, 2.45) is 0 Å². The van der Waals surface area contributed by atoms with Gasteiger partial charge in [-0.1, -0.05) is 29.8 Å². The number of ether oxygens (including phenoxy) is 1. The third-order valence-corrected chi connectivity index (χ3v) is 2.15. The lowest BCUT2D eigenvalue weighted by Crippen LogP contribution is -2.26. The van der Waals surface area contributed by atoms with Crippen LogP contribution in [0, 0.1) is 6.92 Å². The van der Waals surface area contributed by atoms with Crippen LogP contribution in [0.2, 0.25) is 0 Å². The molecule has 0 spiro atoms. The van der Waals surface area contributed by atoms with Crippen LogP contribution >= 0.6 is 0 Å². The zero-order chi connectivity index (χ0) is 11.3. The second kappa shape index (κ2) is 5.51. The highest BCUT2D eigenvalue weighted by Crippen LogP contribution is 2.09. The number of benzene rings is 1. The van der Waals surface area contributed by atoms with E-state index in [1.165, 1.54) is 0 Å². The molecule has 0 bridgehead atoms. The van der Waals surface area contributed by atoms with Gasteiger partial charge in [0, 0.05) is 13.0 Å². The van der Waals surface area contributed by atoms with E-state index in [2.05, 4.69) is 0 Å². The highest BCUT2D eigenvalue weighted by molar-refractivity contribution is 5.72. The number of aliphatic carboxylic acids is 1. The standard InChI is InChI=1S/C12H16O3/c1-3-15-11(12(13)14)8-10-6-4-5-9(2)7-10/h4-7,11H,3,8H2,1-2H3,(H,13,14)/t11-/m1/s1. The molecular weight excluding hydrogens is 192 g/mol. The Hall–Kier alpha value is -1.35. The van der Waals surface area contributed by atoms with Crippen LogP contribution in [0.15, 0.2) is 24.3 Å². The van der Waals surface area contributed by atoms with Crippen LogP contribution in [-0.4, -0.2) is 23.8 Å². The maximum absolute atomic E-state index is 10.9. The summed E-state index contributed by atoms with van der Waals surface area (Å²) >= 11 is 0. The SMILES string of the molecule is CCO[C@H](Cc1cccc(C)c1)C(=O)O. The molecule has 1 aromatic carbocycles. The first-order valence-electron chi connectivity index (χ1n) is 5.03. The van der Waals surface area contributed by atoms with Gasteiger partial charge in [-0.05, 0) is 19.4 Å². The summed E-state index contributed by atoms with van der Waals surface area (Å²) in [5, 5.41) is 8.91. The van der Waals surface area contributed by atoms with E-state index in [0.717, 1.165) is 11.1 Å². The molecule has 0 aliphatic heterocycles. The fraction of sp³-hybridized carbons (Fsp3) is 0.417. The molecule has 1 atom stereocenters. The highest BCUT2D eigenvalue weighted by atomic mass is 16.5. The molecule has 3 heteroatoms. The minimum Gasteiger partial charge on any atom is -0.479 e. The second-order valence-corrected chi connectivity index (χ2v) is 3.48. The van der Waals surface area contributed by atoms with Crippen LogP contribution in [-0.2, 0) is 16.0 Å². The molecule has 0 amide bonds. The first kappa shape index (κ1) is 11.7. The van der Waals surface area contributed by atoms with Gasteiger partial charge in [-0.15, -0.1) is 0 Å². The molecule has 1 rings (SSSR count). The molecular formula is C12H16O3.